The molecule has 2 aliphatic rings. The Morgan fingerprint density at radius 1 is 0.943 bits per heavy atom. The molecule has 2 aliphatic heterocycles. The number of hydrogen-bond acceptors (Lipinski definition) is 3. The monoisotopic (exact) mass is 477 g/mol. The van der Waals surface area contributed by atoms with Gasteiger partial charge in [-0.2, -0.15) is 0 Å². The van der Waals surface area contributed by atoms with Crippen molar-refractivity contribution in [2.75, 3.05) is 31.6 Å². The third-order valence-corrected chi connectivity index (χ3v) is 7.23. The van der Waals surface area contributed by atoms with Crippen molar-refractivity contribution >= 4 is 11.7 Å². The number of halogens is 2. The lowest BCUT2D eigenvalue weighted by Gasteiger charge is -2.57. The van der Waals surface area contributed by atoms with Crippen LogP contribution < -0.4 is 5.32 Å². The molecule has 2 saturated heterocycles. The second kappa shape index (κ2) is 10.1. The zero-order chi connectivity index (χ0) is 24.4. The number of fused-ring (bicyclic) bond motifs is 1. The quantitative estimate of drug-likeness (QED) is 0.551. The minimum absolute atomic E-state index is 0.0144. The van der Waals surface area contributed by atoms with Gasteiger partial charge in [0.2, 0.25) is 0 Å². The number of hydrogen-bond donors (Lipinski definition) is 2. The molecule has 3 aromatic rings. The Morgan fingerprint density at radius 2 is 1.66 bits per heavy atom. The predicted molar refractivity (Wildman–Crippen MR) is 132 cm³/mol. The lowest BCUT2D eigenvalue weighted by atomic mass is 9.74. The molecule has 2 heterocycles. The molecule has 0 bridgehead atoms. The fourth-order valence-corrected chi connectivity index (χ4v) is 5.44. The third kappa shape index (κ3) is 4.79. The lowest BCUT2D eigenvalue weighted by Crippen LogP contribution is -2.68. The maximum Gasteiger partial charge on any atom is 0.321 e. The standard InChI is InChI=1S/C28H29F2N3O2/c29-21-11-13-22(14-12-21)31-28(35)32-15-3-4-16-33-25(17-32)27(26(33)18-34)20-9-7-19(8-10-20)23-5-1-2-6-24(23)30/h1-2,5-14,25-27,34H,3-4,15-18H2,(H,31,35)/t25-,26+,27+/m1/s1. The van der Waals surface area contributed by atoms with Gasteiger partial charge in [-0.25, -0.2) is 13.6 Å². The number of aliphatic hydroxyl groups excluding tert-OH is 1. The maximum atomic E-state index is 14.2. The number of aliphatic hydroxyl groups is 1. The summed E-state index contributed by atoms with van der Waals surface area (Å²) in [5.74, 6) is -0.543. The summed E-state index contributed by atoms with van der Waals surface area (Å²) in [4.78, 5) is 17.2. The zero-order valence-electron chi connectivity index (χ0n) is 19.4. The number of anilines is 1. The number of rotatable bonds is 4. The molecule has 0 unspecified atom stereocenters. The Bertz CT molecular complexity index is 1170. The Labute approximate surface area is 204 Å². The minimum atomic E-state index is -0.349. The number of urea groups is 1. The highest BCUT2D eigenvalue weighted by Crippen LogP contribution is 2.42. The summed E-state index contributed by atoms with van der Waals surface area (Å²) >= 11 is 0. The van der Waals surface area contributed by atoms with E-state index in [1.807, 2.05) is 35.2 Å². The van der Waals surface area contributed by atoms with Crippen LogP contribution in [0.15, 0.2) is 72.8 Å². The Balaban J connectivity index is 1.35. The van der Waals surface area contributed by atoms with E-state index in [4.69, 9.17) is 0 Å². The van der Waals surface area contributed by atoms with Crippen LogP contribution in [0.4, 0.5) is 19.3 Å². The van der Waals surface area contributed by atoms with E-state index in [-0.39, 0.29) is 42.3 Å². The predicted octanol–water partition coefficient (Wildman–Crippen LogP) is 5.09. The van der Waals surface area contributed by atoms with Gasteiger partial charge >= 0.3 is 6.03 Å². The van der Waals surface area contributed by atoms with Gasteiger partial charge in [-0.05, 0) is 60.8 Å². The van der Waals surface area contributed by atoms with Crippen molar-refractivity contribution in [3.05, 3.63) is 90.0 Å². The summed E-state index contributed by atoms with van der Waals surface area (Å²) in [6, 6.07) is 20.2. The Hall–Kier alpha value is -3.29. The molecule has 0 saturated carbocycles. The van der Waals surface area contributed by atoms with Crippen molar-refractivity contribution in [3.63, 3.8) is 0 Å². The van der Waals surface area contributed by atoms with Gasteiger partial charge in [-0.15, -0.1) is 0 Å². The molecule has 5 rings (SSSR count). The van der Waals surface area contributed by atoms with E-state index in [1.165, 1.54) is 18.2 Å². The summed E-state index contributed by atoms with van der Waals surface area (Å²) in [6.07, 6.45) is 1.81. The first-order valence-electron chi connectivity index (χ1n) is 12.1. The van der Waals surface area contributed by atoms with Crippen molar-refractivity contribution in [3.8, 4) is 11.1 Å². The number of amides is 2. The highest BCUT2D eigenvalue weighted by atomic mass is 19.1. The van der Waals surface area contributed by atoms with Gasteiger partial charge in [-0.3, -0.25) is 4.90 Å². The van der Waals surface area contributed by atoms with Gasteiger partial charge in [0, 0.05) is 42.3 Å². The lowest BCUT2D eigenvalue weighted by molar-refractivity contribution is -0.0585. The van der Waals surface area contributed by atoms with Crippen molar-refractivity contribution in [1.82, 2.24) is 9.80 Å². The van der Waals surface area contributed by atoms with E-state index >= 15 is 0 Å². The average molecular weight is 478 g/mol. The summed E-state index contributed by atoms with van der Waals surface area (Å²) in [5.41, 5.74) is 2.99. The number of carbonyl (C=O) groups is 1. The molecule has 0 spiro atoms. The molecular formula is C28H29F2N3O2. The first kappa shape index (κ1) is 23.5. The number of nitrogens with zero attached hydrogens (tertiary/aromatic N) is 2. The van der Waals surface area contributed by atoms with Crippen LogP contribution in [0.5, 0.6) is 0 Å². The van der Waals surface area contributed by atoms with Gasteiger partial charge in [-0.1, -0.05) is 42.5 Å². The minimum Gasteiger partial charge on any atom is -0.395 e. The van der Waals surface area contributed by atoms with Crippen molar-refractivity contribution in [2.45, 2.75) is 30.8 Å². The Morgan fingerprint density at radius 3 is 2.37 bits per heavy atom. The number of carbonyl (C=O) groups excluding carboxylic acids is 1. The first-order valence-corrected chi connectivity index (χ1v) is 12.1. The molecule has 2 N–H and O–H groups in total. The van der Waals surface area contributed by atoms with Crippen molar-refractivity contribution in [2.24, 2.45) is 0 Å². The van der Waals surface area contributed by atoms with Crippen molar-refractivity contribution < 1.29 is 18.7 Å². The number of nitrogens with one attached hydrogen (secondary N) is 1. The Kier molecular flexibility index (Phi) is 6.79. The van der Waals surface area contributed by atoms with Crippen LogP contribution in [-0.4, -0.2) is 59.3 Å². The molecule has 2 fully saturated rings. The topological polar surface area (TPSA) is 55.8 Å². The SMILES string of the molecule is O=C(Nc1ccc(F)cc1)N1CCCCN2[C@H](C1)[C@H](c1ccc(-c3ccccc3F)cc1)[C@@H]2CO. The molecule has 3 atom stereocenters. The fraction of sp³-hybridized carbons (Fsp3) is 0.321. The van der Waals surface area contributed by atoms with Gasteiger partial charge in [0.05, 0.1) is 6.61 Å². The first-order chi connectivity index (χ1) is 17.0. The van der Waals surface area contributed by atoms with Gasteiger partial charge in [0.15, 0.2) is 0 Å². The molecular weight excluding hydrogens is 448 g/mol. The van der Waals surface area contributed by atoms with E-state index in [1.54, 1.807) is 24.3 Å². The van der Waals surface area contributed by atoms with Crippen LogP contribution >= 0.6 is 0 Å². The van der Waals surface area contributed by atoms with Gasteiger partial charge in [0.1, 0.15) is 11.6 Å². The molecule has 0 aliphatic carbocycles. The van der Waals surface area contributed by atoms with E-state index in [9.17, 15) is 18.7 Å². The molecule has 7 heteroatoms. The van der Waals surface area contributed by atoms with Crippen LogP contribution in [0, 0.1) is 11.6 Å². The van der Waals surface area contributed by atoms with Crippen LogP contribution in [0.1, 0.15) is 24.3 Å². The van der Waals surface area contributed by atoms with Gasteiger partial charge < -0.3 is 15.3 Å². The zero-order valence-corrected chi connectivity index (χ0v) is 19.4. The maximum absolute atomic E-state index is 14.2. The highest BCUT2D eigenvalue weighted by Gasteiger charge is 2.49. The second-order valence-corrected chi connectivity index (χ2v) is 9.27. The third-order valence-electron chi connectivity index (χ3n) is 7.23. The fourth-order valence-electron chi connectivity index (χ4n) is 5.44. The molecule has 182 valence electrons. The molecule has 35 heavy (non-hydrogen) atoms. The van der Waals surface area contributed by atoms with E-state index in [2.05, 4.69) is 10.2 Å². The van der Waals surface area contributed by atoms with E-state index in [0.29, 0.717) is 24.3 Å². The second-order valence-electron chi connectivity index (χ2n) is 9.27. The summed E-state index contributed by atoms with van der Waals surface area (Å²) in [5, 5.41) is 13.0. The molecule has 0 radical (unpaired) electrons. The van der Waals surface area contributed by atoms with Crippen LogP contribution in [0.25, 0.3) is 11.1 Å². The average Bonchev–Trinajstić information content (AvgIpc) is 2.85. The highest BCUT2D eigenvalue weighted by molar-refractivity contribution is 5.89. The van der Waals surface area contributed by atoms with Crippen molar-refractivity contribution in [1.29, 1.82) is 0 Å². The molecule has 3 aromatic carbocycles. The van der Waals surface area contributed by atoms with Crippen LogP contribution in [-0.2, 0) is 0 Å². The summed E-state index contributed by atoms with van der Waals surface area (Å²) < 4.78 is 27.5. The van der Waals surface area contributed by atoms with Gasteiger partial charge in [0.25, 0.3) is 0 Å². The molecule has 5 nitrogen and oxygen atoms in total. The summed E-state index contributed by atoms with van der Waals surface area (Å²) in [7, 11) is 0. The largest absolute Gasteiger partial charge is 0.395 e. The van der Waals surface area contributed by atoms with Crippen LogP contribution in [0.3, 0.4) is 0 Å². The van der Waals surface area contributed by atoms with E-state index < -0.39 is 0 Å². The normalized spacial score (nSPS) is 22.5. The van der Waals surface area contributed by atoms with Crippen LogP contribution in [0.2, 0.25) is 0 Å². The molecule has 2 amide bonds. The summed E-state index contributed by atoms with van der Waals surface area (Å²) in [6.45, 7) is 2.09. The smallest absolute Gasteiger partial charge is 0.321 e. The van der Waals surface area contributed by atoms with E-state index in [0.717, 1.165) is 30.5 Å². The number of benzene rings is 3. The molecule has 0 aromatic heterocycles.